The first-order valence-electron chi connectivity index (χ1n) is 9.78. The van der Waals surface area contributed by atoms with Gasteiger partial charge in [-0.15, -0.1) is 0 Å². The minimum Gasteiger partial charge on any atom is -0.466 e. The van der Waals surface area contributed by atoms with E-state index >= 15 is 0 Å². The Labute approximate surface area is 164 Å². The van der Waals surface area contributed by atoms with Gasteiger partial charge in [-0.3, -0.25) is 14.4 Å². The molecule has 2 atom stereocenters. The molecule has 2 aliphatic heterocycles. The molecule has 2 aliphatic rings. The lowest BCUT2D eigenvalue weighted by molar-refractivity contribution is -0.151. The fourth-order valence-corrected chi connectivity index (χ4v) is 4.80. The zero-order chi connectivity index (χ0) is 19.3. The number of likely N-dealkylation sites (tertiary alicyclic amines) is 1. The molecule has 0 spiro atoms. The maximum atomic E-state index is 12.8. The maximum absolute atomic E-state index is 12.8. The van der Waals surface area contributed by atoms with E-state index in [0.717, 1.165) is 25.7 Å². The maximum Gasteiger partial charge on any atom is 0.310 e. The van der Waals surface area contributed by atoms with Crippen molar-refractivity contribution in [2.24, 2.45) is 5.92 Å². The van der Waals surface area contributed by atoms with Crippen molar-refractivity contribution in [1.29, 1.82) is 0 Å². The van der Waals surface area contributed by atoms with E-state index in [9.17, 15) is 14.4 Å². The summed E-state index contributed by atoms with van der Waals surface area (Å²) in [5.41, 5.74) is 0.874. The van der Waals surface area contributed by atoms with Crippen molar-refractivity contribution < 1.29 is 19.1 Å². The Morgan fingerprint density at radius 3 is 2.96 bits per heavy atom. The van der Waals surface area contributed by atoms with Crippen molar-refractivity contribution >= 4 is 29.1 Å². The summed E-state index contributed by atoms with van der Waals surface area (Å²) in [5, 5.41) is 7.26. The second kappa shape index (κ2) is 8.87. The van der Waals surface area contributed by atoms with Crippen LogP contribution >= 0.6 is 11.3 Å². The highest BCUT2D eigenvalue weighted by Crippen LogP contribution is 2.31. The molecule has 7 heteroatoms. The number of carbonyl (C=O) groups is 3. The predicted octanol–water partition coefficient (Wildman–Crippen LogP) is 2.52. The highest BCUT2D eigenvalue weighted by Gasteiger charge is 2.38. The summed E-state index contributed by atoms with van der Waals surface area (Å²) >= 11 is 1.64. The molecule has 6 nitrogen and oxygen atoms in total. The lowest BCUT2D eigenvalue weighted by Crippen LogP contribution is -2.46. The second-order valence-electron chi connectivity index (χ2n) is 7.57. The lowest BCUT2D eigenvalue weighted by atomic mass is 9.85. The molecular formula is C20H28N2O4S. The lowest BCUT2D eigenvalue weighted by Gasteiger charge is -2.33. The molecule has 0 radical (unpaired) electrons. The van der Waals surface area contributed by atoms with Crippen LogP contribution in [-0.2, 0) is 25.5 Å². The topological polar surface area (TPSA) is 75.7 Å². The van der Waals surface area contributed by atoms with E-state index in [2.05, 4.69) is 16.8 Å². The van der Waals surface area contributed by atoms with Crippen LogP contribution in [0.1, 0.15) is 51.0 Å². The van der Waals surface area contributed by atoms with Gasteiger partial charge in [0.25, 0.3) is 0 Å². The number of nitrogens with one attached hydrogen (secondary N) is 1. The van der Waals surface area contributed by atoms with Crippen LogP contribution in [0.2, 0.25) is 0 Å². The summed E-state index contributed by atoms with van der Waals surface area (Å²) < 4.78 is 5.11. The fourth-order valence-electron chi connectivity index (χ4n) is 4.13. The van der Waals surface area contributed by atoms with Crippen molar-refractivity contribution in [3.05, 3.63) is 22.4 Å². The molecule has 0 bridgehead atoms. The first kappa shape index (κ1) is 19.9. The van der Waals surface area contributed by atoms with E-state index in [-0.39, 0.29) is 29.2 Å². The van der Waals surface area contributed by atoms with E-state index in [1.807, 2.05) is 5.38 Å². The quantitative estimate of drug-likeness (QED) is 0.724. The van der Waals surface area contributed by atoms with Crippen LogP contribution in [0, 0.1) is 5.92 Å². The van der Waals surface area contributed by atoms with E-state index in [1.54, 1.807) is 23.2 Å². The third kappa shape index (κ3) is 5.09. The molecule has 1 aromatic heterocycles. The van der Waals surface area contributed by atoms with Crippen molar-refractivity contribution in [2.75, 3.05) is 19.7 Å². The molecule has 0 unspecified atom stereocenters. The van der Waals surface area contributed by atoms with Crippen molar-refractivity contribution in [3.8, 4) is 0 Å². The second-order valence-corrected chi connectivity index (χ2v) is 8.35. The average molecular weight is 393 g/mol. The standard InChI is InChI=1S/C20H28N2O4S/c1-2-26-19(25)16-4-3-10-22(13-16)18(24)6-9-20(8-5-17(23)21-20)12-15-7-11-27-14-15/h7,11,14,16H,2-6,8-10,12-13H2,1H3,(H,21,23)/t16-,20-/m1/s1. The highest BCUT2D eigenvalue weighted by atomic mass is 32.1. The molecule has 0 aliphatic carbocycles. The molecule has 2 saturated heterocycles. The van der Waals surface area contributed by atoms with Gasteiger partial charge in [0.1, 0.15) is 0 Å². The van der Waals surface area contributed by atoms with Gasteiger partial charge in [-0.05, 0) is 61.4 Å². The molecule has 0 saturated carbocycles. The normalized spacial score (nSPS) is 25.3. The fraction of sp³-hybridized carbons (Fsp3) is 0.650. The number of thiophene rings is 1. The smallest absolute Gasteiger partial charge is 0.310 e. The van der Waals surface area contributed by atoms with Crippen molar-refractivity contribution in [1.82, 2.24) is 10.2 Å². The van der Waals surface area contributed by atoms with Crippen LogP contribution in [0.25, 0.3) is 0 Å². The third-order valence-electron chi connectivity index (χ3n) is 5.57. The van der Waals surface area contributed by atoms with Gasteiger partial charge in [-0.25, -0.2) is 0 Å². The molecule has 3 rings (SSSR count). The summed E-state index contributed by atoms with van der Waals surface area (Å²) in [4.78, 5) is 38.4. The first-order chi connectivity index (χ1) is 13.0. The number of amides is 2. The molecule has 2 amide bonds. The van der Waals surface area contributed by atoms with Crippen molar-refractivity contribution in [3.63, 3.8) is 0 Å². The molecule has 1 N–H and O–H groups in total. The number of nitrogens with zero attached hydrogens (tertiary/aromatic N) is 1. The van der Waals surface area contributed by atoms with Gasteiger partial charge in [-0.1, -0.05) is 0 Å². The Kier molecular flexibility index (Phi) is 6.52. The number of ether oxygens (including phenoxy) is 1. The van der Waals surface area contributed by atoms with E-state index < -0.39 is 0 Å². The monoisotopic (exact) mass is 392 g/mol. The summed E-state index contributed by atoms with van der Waals surface area (Å²) in [5.74, 6) is -0.284. The highest BCUT2D eigenvalue weighted by molar-refractivity contribution is 7.07. The SMILES string of the molecule is CCOC(=O)[C@@H]1CCCN(C(=O)CC[C@@]2(Cc3ccsc3)CCC(=O)N2)C1. The molecular weight excluding hydrogens is 364 g/mol. The summed E-state index contributed by atoms with van der Waals surface area (Å²) in [6.07, 6.45) is 4.68. The molecule has 1 aromatic rings. The van der Waals surface area contributed by atoms with Gasteiger partial charge in [0, 0.05) is 31.5 Å². The van der Waals surface area contributed by atoms with Crippen LogP contribution < -0.4 is 5.32 Å². The molecule has 3 heterocycles. The molecule has 0 aromatic carbocycles. The Balaban J connectivity index is 1.57. The average Bonchev–Trinajstić information content (AvgIpc) is 3.30. The van der Waals surface area contributed by atoms with Gasteiger partial charge in [0.05, 0.1) is 12.5 Å². The van der Waals surface area contributed by atoms with Gasteiger partial charge in [-0.2, -0.15) is 11.3 Å². The van der Waals surface area contributed by atoms with Gasteiger partial charge in [0.15, 0.2) is 0 Å². The van der Waals surface area contributed by atoms with Gasteiger partial charge >= 0.3 is 5.97 Å². The number of hydrogen-bond donors (Lipinski definition) is 1. The summed E-state index contributed by atoms with van der Waals surface area (Å²) in [7, 11) is 0. The van der Waals surface area contributed by atoms with Gasteiger partial charge < -0.3 is 15.0 Å². The van der Waals surface area contributed by atoms with Gasteiger partial charge in [0.2, 0.25) is 11.8 Å². The molecule has 148 valence electrons. The number of esters is 1. The number of hydrogen-bond acceptors (Lipinski definition) is 5. The zero-order valence-electron chi connectivity index (χ0n) is 15.9. The van der Waals surface area contributed by atoms with Crippen molar-refractivity contribution in [2.45, 2.75) is 57.4 Å². The third-order valence-corrected chi connectivity index (χ3v) is 6.30. The number of rotatable bonds is 7. The van der Waals surface area contributed by atoms with Crippen LogP contribution in [-0.4, -0.2) is 47.9 Å². The van der Waals surface area contributed by atoms with Crippen LogP contribution in [0.15, 0.2) is 16.8 Å². The van der Waals surface area contributed by atoms with E-state index in [1.165, 1.54) is 5.56 Å². The Bertz CT molecular complexity index is 676. The molecule has 2 fully saturated rings. The van der Waals surface area contributed by atoms with E-state index in [0.29, 0.717) is 39.0 Å². The largest absolute Gasteiger partial charge is 0.466 e. The zero-order valence-corrected chi connectivity index (χ0v) is 16.7. The first-order valence-corrected chi connectivity index (χ1v) is 10.7. The van der Waals surface area contributed by atoms with Crippen LogP contribution in [0.3, 0.4) is 0 Å². The van der Waals surface area contributed by atoms with E-state index in [4.69, 9.17) is 4.74 Å². The van der Waals surface area contributed by atoms with Crippen LogP contribution in [0.5, 0.6) is 0 Å². The minimum absolute atomic E-state index is 0.0647. The summed E-state index contributed by atoms with van der Waals surface area (Å²) in [6, 6.07) is 2.08. The Morgan fingerprint density at radius 2 is 2.30 bits per heavy atom. The Hall–Kier alpha value is -1.89. The number of carbonyl (C=O) groups excluding carboxylic acids is 3. The minimum atomic E-state index is -0.329. The summed E-state index contributed by atoms with van der Waals surface area (Å²) in [6.45, 7) is 3.31. The van der Waals surface area contributed by atoms with Crippen LogP contribution in [0.4, 0.5) is 0 Å². The number of piperidine rings is 1. The predicted molar refractivity (Wildman–Crippen MR) is 103 cm³/mol. The molecule has 27 heavy (non-hydrogen) atoms. The Morgan fingerprint density at radius 1 is 1.44 bits per heavy atom.